The van der Waals surface area contributed by atoms with Crippen molar-refractivity contribution < 1.29 is 0 Å². The summed E-state index contributed by atoms with van der Waals surface area (Å²) >= 11 is 0. The quantitative estimate of drug-likeness (QED) is 0.279. The van der Waals surface area contributed by atoms with Crippen LogP contribution in [0.25, 0.3) is 53.9 Å². The van der Waals surface area contributed by atoms with E-state index in [1.165, 1.54) is 20.9 Å². The van der Waals surface area contributed by atoms with Gasteiger partial charge in [0.1, 0.15) is 0 Å². The van der Waals surface area contributed by atoms with Gasteiger partial charge in [0.25, 0.3) is 11.1 Å². The summed E-state index contributed by atoms with van der Waals surface area (Å²) in [4.78, 5) is 26.3. The highest BCUT2D eigenvalue weighted by Gasteiger charge is 2.21. The summed E-state index contributed by atoms with van der Waals surface area (Å²) in [5.41, 5.74) is 2.48. The minimum atomic E-state index is -0.220. The molecule has 0 fully saturated rings. The van der Waals surface area contributed by atoms with Gasteiger partial charge < -0.3 is 0 Å². The van der Waals surface area contributed by atoms with E-state index in [-0.39, 0.29) is 11.1 Å². The Kier molecular flexibility index (Phi) is 4.03. The Morgan fingerprint density at radius 3 is 1.48 bits per heavy atom. The number of nitrogens with zero attached hydrogens (tertiary/aromatic N) is 1. The van der Waals surface area contributed by atoms with Gasteiger partial charge in [-0.2, -0.15) is 0 Å². The zero-order valence-electron chi connectivity index (χ0n) is 19.1. The molecular weight excluding hydrogens is 406 g/mol. The van der Waals surface area contributed by atoms with Crippen molar-refractivity contribution in [2.75, 3.05) is 0 Å². The highest BCUT2D eigenvalue weighted by molar-refractivity contribution is 6.29. The minimum Gasteiger partial charge on any atom is -0.277 e. The van der Waals surface area contributed by atoms with Crippen molar-refractivity contribution in [2.45, 2.75) is 20.8 Å². The van der Waals surface area contributed by atoms with E-state index in [0.29, 0.717) is 10.8 Å². The molecule has 0 atom stereocenters. The van der Waals surface area contributed by atoms with Gasteiger partial charge in [-0.3, -0.25) is 14.2 Å². The van der Waals surface area contributed by atoms with Gasteiger partial charge in [-0.05, 0) is 75.0 Å². The van der Waals surface area contributed by atoms with Gasteiger partial charge in [0, 0.05) is 7.05 Å². The number of benzene rings is 4. The lowest BCUT2D eigenvalue weighted by Crippen LogP contribution is -2.21. The van der Waals surface area contributed by atoms with Gasteiger partial charge in [0.05, 0.1) is 10.8 Å². The summed E-state index contributed by atoms with van der Waals surface area (Å²) in [6, 6.07) is 23.4. The molecule has 33 heavy (non-hydrogen) atoms. The van der Waals surface area contributed by atoms with E-state index in [4.69, 9.17) is 0 Å². The smallest absolute Gasteiger partial charge is 0.261 e. The van der Waals surface area contributed by atoms with Crippen molar-refractivity contribution in [1.82, 2.24) is 4.57 Å². The summed E-state index contributed by atoms with van der Waals surface area (Å²) in [5.74, 6) is 0. The van der Waals surface area contributed by atoms with Crippen molar-refractivity contribution in [3.63, 3.8) is 0 Å². The summed E-state index contributed by atoms with van der Waals surface area (Å²) in [7, 11) is 1.57. The number of aromatic nitrogens is 1. The standard InChI is InChI=1S/C30H23NO2/c1-16-13-14-23-24(15-16)21-11-6-5-9-19(21)20-10-7-8-12-22(20)25-17(2)27-28(18(3)26(23)25)30(33)31(4)29(27)32/h5-15H,1-4H3. The second-order valence-corrected chi connectivity index (χ2v) is 9.06. The fourth-order valence-corrected chi connectivity index (χ4v) is 5.62. The third-order valence-corrected chi connectivity index (χ3v) is 7.19. The van der Waals surface area contributed by atoms with Gasteiger partial charge in [0.2, 0.25) is 0 Å². The third-order valence-electron chi connectivity index (χ3n) is 7.19. The van der Waals surface area contributed by atoms with Crippen molar-refractivity contribution in [2.24, 2.45) is 7.05 Å². The first-order valence-electron chi connectivity index (χ1n) is 11.2. The first-order valence-corrected chi connectivity index (χ1v) is 11.2. The van der Waals surface area contributed by atoms with Gasteiger partial charge in [0.15, 0.2) is 0 Å². The molecule has 0 N–H and O–H groups in total. The molecule has 0 saturated carbocycles. The van der Waals surface area contributed by atoms with E-state index in [1.807, 2.05) is 19.9 Å². The number of hydrogen-bond acceptors (Lipinski definition) is 2. The maximum Gasteiger partial charge on any atom is 0.261 e. The highest BCUT2D eigenvalue weighted by atomic mass is 16.2. The number of rotatable bonds is 0. The molecule has 0 saturated heterocycles. The Bertz CT molecular complexity index is 1950. The molecule has 6 rings (SSSR count). The minimum absolute atomic E-state index is 0.220. The monoisotopic (exact) mass is 429 g/mol. The zero-order chi connectivity index (χ0) is 23.0. The Morgan fingerprint density at radius 2 is 0.939 bits per heavy atom. The first kappa shape index (κ1) is 19.7. The lowest BCUT2D eigenvalue weighted by Gasteiger charge is -2.15. The van der Waals surface area contributed by atoms with Crippen LogP contribution in [0.3, 0.4) is 0 Å². The van der Waals surface area contributed by atoms with E-state index in [9.17, 15) is 9.59 Å². The zero-order valence-corrected chi connectivity index (χ0v) is 19.1. The number of fused-ring (bicyclic) bond motifs is 9. The molecule has 0 bridgehead atoms. The van der Waals surface area contributed by atoms with Gasteiger partial charge in [-0.25, -0.2) is 0 Å². The third kappa shape index (κ3) is 2.51. The summed E-state index contributed by atoms with van der Waals surface area (Å²) in [6.07, 6.45) is 0. The molecule has 3 nitrogen and oxygen atoms in total. The maximum atomic E-state index is 13.1. The molecule has 5 aromatic carbocycles. The predicted molar refractivity (Wildman–Crippen MR) is 140 cm³/mol. The maximum absolute atomic E-state index is 13.1. The van der Waals surface area contributed by atoms with Gasteiger partial charge in [-0.1, -0.05) is 72.3 Å². The molecule has 0 aliphatic rings. The molecule has 3 heteroatoms. The molecule has 0 unspecified atom stereocenters. The average Bonchev–Trinajstić information content (AvgIpc) is 3.05. The van der Waals surface area contributed by atoms with Crippen LogP contribution in [0.1, 0.15) is 16.7 Å². The van der Waals surface area contributed by atoms with Crippen LogP contribution in [0.2, 0.25) is 0 Å². The Balaban J connectivity index is 2.17. The molecule has 0 aliphatic heterocycles. The van der Waals surface area contributed by atoms with Crippen LogP contribution in [0.4, 0.5) is 0 Å². The van der Waals surface area contributed by atoms with E-state index in [2.05, 4.69) is 67.6 Å². The van der Waals surface area contributed by atoms with Crippen molar-refractivity contribution in [1.29, 1.82) is 0 Å². The molecule has 1 aromatic heterocycles. The largest absolute Gasteiger partial charge is 0.277 e. The van der Waals surface area contributed by atoms with Crippen LogP contribution < -0.4 is 11.1 Å². The molecule has 0 amide bonds. The van der Waals surface area contributed by atoms with Gasteiger partial charge in [-0.15, -0.1) is 0 Å². The molecule has 6 aromatic rings. The van der Waals surface area contributed by atoms with Crippen molar-refractivity contribution in [3.05, 3.63) is 104 Å². The molecule has 160 valence electrons. The molecular formula is C30H23NO2. The number of hydrogen-bond donors (Lipinski definition) is 0. The van der Waals surface area contributed by atoms with Gasteiger partial charge >= 0.3 is 0 Å². The molecule has 0 aliphatic carbocycles. The van der Waals surface area contributed by atoms with Crippen molar-refractivity contribution in [3.8, 4) is 0 Å². The molecule has 0 radical (unpaired) electrons. The normalized spacial score (nSPS) is 11.9. The summed E-state index contributed by atoms with van der Waals surface area (Å²) in [6.45, 7) is 6.08. The Labute approximate surface area is 190 Å². The highest BCUT2D eigenvalue weighted by Crippen LogP contribution is 2.40. The second kappa shape index (κ2) is 6.76. The van der Waals surface area contributed by atoms with Crippen LogP contribution >= 0.6 is 0 Å². The SMILES string of the molecule is Cc1ccc2c(c1)c1ccccc1c1ccccc1c1c(C)c3c(=O)n(C)c(=O)c3c(C)c21. The van der Waals surface area contributed by atoms with Crippen molar-refractivity contribution >= 4 is 53.9 Å². The van der Waals surface area contributed by atoms with Crippen LogP contribution in [0.15, 0.2) is 76.3 Å². The summed E-state index contributed by atoms with van der Waals surface area (Å²) in [5, 5.41) is 9.96. The lowest BCUT2D eigenvalue weighted by atomic mass is 9.88. The Hall–Kier alpha value is -3.98. The second-order valence-electron chi connectivity index (χ2n) is 9.06. The first-order chi connectivity index (χ1) is 15.9. The molecule has 0 spiro atoms. The van der Waals surface area contributed by atoms with E-state index >= 15 is 0 Å². The topological polar surface area (TPSA) is 39.1 Å². The van der Waals surface area contributed by atoms with E-state index in [1.54, 1.807) is 7.05 Å². The van der Waals surface area contributed by atoms with Crippen LogP contribution in [-0.2, 0) is 7.05 Å². The molecule has 1 heterocycles. The fourth-order valence-electron chi connectivity index (χ4n) is 5.62. The van der Waals surface area contributed by atoms with E-state index < -0.39 is 0 Å². The summed E-state index contributed by atoms with van der Waals surface area (Å²) < 4.78 is 1.24. The fraction of sp³-hybridized carbons (Fsp3) is 0.133. The predicted octanol–water partition coefficient (Wildman–Crippen LogP) is 6.44. The lowest BCUT2D eigenvalue weighted by molar-refractivity contribution is 0.856. The van der Waals surface area contributed by atoms with Crippen LogP contribution in [0.5, 0.6) is 0 Å². The van der Waals surface area contributed by atoms with Crippen LogP contribution in [0, 0.1) is 20.8 Å². The number of aryl methyl sites for hydroxylation is 3. The average molecular weight is 430 g/mol. The Morgan fingerprint density at radius 1 is 0.515 bits per heavy atom. The van der Waals surface area contributed by atoms with Crippen LogP contribution in [-0.4, -0.2) is 4.57 Å². The van der Waals surface area contributed by atoms with E-state index in [0.717, 1.165) is 43.4 Å².